The van der Waals surface area contributed by atoms with Crippen LogP contribution in [0.3, 0.4) is 0 Å². The van der Waals surface area contributed by atoms with Crippen LogP contribution < -0.4 is 10.2 Å². The third-order valence-electron chi connectivity index (χ3n) is 4.70. The minimum atomic E-state index is 0.612. The molecule has 0 aromatic heterocycles. The summed E-state index contributed by atoms with van der Waals surface area (Å²) < 4.78 is 5.10. The van der Waals surface area contributed by atoms with Crippen molar-refractivity contribution in [3.05, 3.63) is 29.8 Å². The Morgan fingerprint density at radius 3 is 2.76 bits per heavy atom. The lowest BCUT2D eigenvalue weighted by atomic mass is 9.85. The van der Waals surface area contributed by atoms with Crippen LogP contribution in [-0.2, 0) is 11.3 Å². The zero-order valence-corrected chi connectivity index (χ0v) is 13.9. The van der Waals surface area contributed by atoms with Crippen molar-refractivity contribution >= 4 is 5.69 Å². The molecule has 1 saturated heterocycles. The molecule has 0 radical (unpaired) electrons. The molecule has 0 saturated carbocycles. The van der Waals surface area contributed by atoms with Crippen molar-refractivity contribution in [2.75, 3.05) is 31.7 Å². The van der Waals surface area contributed by atoms with E-state index >= 15 is 0 Å². The molecule has 0 spiro atoms. The maximum atomic E-state index is 5.10. The van der Waals surface area contributed by atoms with E-state index in [4.69, 9.17) is 4.74 Å². The van der Waals surface area contributed by atoms with Crippen LogP contribution in [0.2, 0.25) is 0 Å². The predicted octanol–water partition coefficient (Wildman–Crippen LogP) is 3.29. The van der Waals surface area contributed by atoms with E-state index in [1.54, 1.807) is 7.11 Å². The Labute approximate surface area is 129 Å². The van der Waals surface area contributed by atoms with Crippen molar-refractivity contribution in [3.8, 4) is 0 Å². The van der Waals surface area contributed by atoms with Gasteiger partial charge in [0.2, 0.25) is 0 Å². The van der Waals surface area contributed by atoms with Gasteiger partial charge in [-0.2, -0.15) is 0 Å². The molecular formula is C18H30N2O. The fourth-order valence-electron chi connectivity index (χ4n) is 3.37. The molecule has 2 rings (SSSR count). The molecule has 118 valence electrons. The topological polar surface area (TPSA) is 24.5 Å². The average molecular weight is 290 g/mol. The minimum Gasteiger partial charge on any atom is -0.383 e. The highest BCUT2D eigenvalue weighted by atomic mass is 16.5. The molecule has 1 aromatic rings. The zero-order valence-electron chi connectivity index (χ0n) is 13.9. The second-order valence-electron chi connectivity index (χ2n) is 6.51. The summed E-state index contributed by atoms with van der Waals surface area (Å²) in [5, 5.41) is 3.47. The monoisotopic (exact) mass is 290 g/mol. The van der Waals surface area contributed by atoms with Crippen molar-refractivity contribution < 1.29 is 4.74 Å². The molecule has 3 nitrogen and oxygen atoms in total. The van der Waals surface area contributed by atoms with Crippen LogP contribution in [0.25, 0.3) is 0 Å². The van der Waals surface area contributed by atoms with Gasteiger partial charge >= 0.3 is 0 Å². The van der Waals surface area contributed by atoms with E-state index in [0.29, 0.717) is 6.04 Å². The van der Waals surface area contributed by atoms with Crippen molar-refractivity contribution in [1.82, 2.24) is 5.32 Å². The first-order valence-corrected chi connectivity index (χ1v) is 8.17. The number of rotatable bonds is 6. The lowest BCUT2D eigenvalue weighted by Crippen LogP contribution is -2.46. The predicted molar refractivity (Wildman–Crippen MR) is 89.8 cm³/mol. The van der Waals surface area contributed by atoms with E-state index in [2.05, 4.69) is 55.3 Å². The summed E-state index contributed by atoms with van der Waals surface area (Å²) in [5.41, 5.74) is 2.79. The summed E-state index contributed by atoms with van der Waals surface area (Å²) in [5.74, 6) is 1.52. The van der Waals surface area contributed by atoms with Gasteiger partial charge in [0, 0.05) is 38.5 Å². The van der Waals surface area contributed by atoms with Crippen molar-refractivity contribution in [3.63, 3.8) is 0 Å². The number of methoxy groups -OCH3 is 1. The molecule has 1 aromatic carbocycles. The van der Waals surface area contributed by atoms with Crippen LogP contribution in [0.5, 0.6) is 0 Å². The first-order valence-electron chi connectivity index (χ1n) is 8.17. The van der Waals surface area contributed by atoms with Gasteiger partial charge in [0.1, 0.15) is 0 Å². The van der Waals surface area contributed by atoms with E-state index in [-0.39, 0.29) is 0 Å². The maximum absolute atomic E-state index is 5.10. The van der Waals surface area contributed by atoms with Gasteiger partial charge in [0.25, 0.3) is 0 Å². The van der Waals surface area contributed by atoms with E-state index in [1.165, 1.54) is 24.2 Å². The number of anilines is 1. The fraction of sp³-hybridized carbons (Fsp3) is 0.667. The van der Waals surface area contributed by atoms with Gasteiger partial charge in [-0.25, -0.2) is 0 Å². The van der Waals surface area contributed by atoms with Gasteiger partial charge in [-0.05, 0) is 36.8 Å². The van der Waals surface area contributed by atoms with E-state index in [1.807, 2.05) is 0 Å². The third-order valence-corrected chi connectivity index (χ3v) is 4.70. The normalized spacial score (nSPS) is 26.1. The number of para-hydroxylation sites is 1. The fourth-order valence-corrected chi connectivity index (χ4v) is 3.37. The molecule has 1 N–H and O–H groups in total. The number of benzene rings is 1. The summed E-state index contributed by atoms with van der Waals surface area (Å²) in [6.45, 7) is 10.9. The van der Waals surface area contributed by atoms with Crippen LogP contribution in [0.15, 0.2) is 24.3 Å². The first-order chi connectivity index (χ1) is 10.1. The van der Waals surface area contributed by atoms with Gasteiger partial charge in [-0.1, -0.05) is 32.0 Å². The molecular weight excluding hydrogens is 260 g/mol. The number of hydrogen-bond acceptors (Lipinski definition) is 3. The van der Waals surface area contributed by atoms with Crippen molar-refractivity contribution in [1.29, 1.82) is 0 Å². The van der Waals surface area contributed by atoms with Crippen LogP contribution in [0.4, 0.5) is 5.69 Å². The zero-order chi connectivity index (χ0) is 15.2. The molecule has 0 amide bonds. The Morgan fingerprint density at radius 2 is 2.00 bits per heavy atom. The number of nitrogens with zero attached hydrogens (tertiary/aromatic N) is 1. The van der Waals surface area contributed by atoms with Gasteiger partial charge in [-0.15, -0.1) is 0 Å². The quantitative estimate of drug-likeness (QED) is 0.814. The smallest absolute Gasteiger partial charge is 0.0587 e. The Hall–Kier alpha value is -1.06. The summed E-state index contributed by atoms with van der Waals surface area (Å²) in [7, 11) is 1.74. The van der Waals surface area contributed by atoms with Gasteiger partial charge in [0.05, 0.1) is 6.61 Å². The molecule has 1 fully saturated rings. The summed E-state index contributed by atoms with van der Waals surface area (Å²) in [6, 6.07) is 9.42. The molecule has 1 heterocycles. The van der Waals surface area contributed by atoms with E-state index in [9.17, 15) is 0 Å². The Bertz CT molecular complexity index is 435. The Kier molecular flexibility index (Phi) is 6.07. The van der Waals surface area contributed by atoms with Crippen LogP contribution >= 0.6 is 0 Å². The maximum Gasteiger partial charge on any atom is 0.0587 e. The number of nitrogens with one attached hydrogen (secondary N) is 1. The second-order valence-corrected chi connectivity index (χ2v) is 6.51. The molecule has 1 aliphatic heterocycles. The first kappa shape index (κ1) is 16.3. The molecule has 3 heteroatoms. The van der Waals surface area contributed by atoms with Gasteiger partial charge in [-0.3, -0.25) is 0 Å². The lowest BCUT2D eigenvalue weighted by molar-refractivity contribution is 0.199. The summed E-state index contributed by atoms with van der Waals surface area (Å²) >= 11 is 0. The van der Waals surface area contributed by atoms with Crippen molar-refractivity contribution in [2.24, 2.45) is 11.8 Å². The minimum absolute atomic E-state index is 0.612. The Balaban J connectivity index is 2.10. The van der Waals surface area contributed by atoms with Gasteiger partial charge < -0.3 is 15.0 Å². The molecule has 0 aliphatic carbocycles. The van der Waals surface area contributed by atoms with Crippen LogP contribution in [0.1, 0.15) is 32.8 Å². The van der Waals surface area contributed by atoms with Gasteiger partial charge in [0.15, 0.2) is 0 Å². The average Bonchev–Trinajstić information content (AvgIpc) is 2.48. The van der Waals surface area contributed by atoms with E-state index < -0.39 is 0 Å². The number of ether oxygens (including phenoxy) is 1. The van der Waals surface area contributed by atoms with Crippen LogP contribution in [-0.4, -0.2) is 32.8 Å². The van der Waals surface area contributed by atoms with Crippen molar-refractivity contribution in [2.45, 2.75) is 39.8 Å². The lowest BCUT2D eigenvalue weighted by Gasteiger charge is -2.43. The van der Waals surface area contributed by atoms with Crippen LogP contribution in [0, 0.1) is 11.8 Å². The highest BCUT2D eigenvalue weighted by Gasteiger charge is 2.29. The standard InChI is InChI=1S/C18H30N2O/c1-14-11-15(2)16(3)20(13-14)18-8-6-5-7-17(18)12-19-9-10-21-4/h5-8,14-16,19H,9-13H2,1-4H3. The molecule has 0 bridgehead atoms. The highest BCUT2D eigenvalue weighted by Crippen LogP contribution is 2.33. The second kappa shape index (κ2) is 7.81. The molecule has 3 unspecified atom stereocenters. The molecule has 1 aliphatic rings. The summed E-state index contributed by atoms with van der Waals surface area (Å²) in [6.07, 6.45) is 1.34. The molecule has 21 heavy (non-hydrogen) atoms. The summed E-state index contributed by atoms with van der Waals surface area (Å²) in [4.78, 5) is 2.60. The van der Waals surface area contributed by atoms with E-state index in [0.717, 1.165) is 31.5 Å². The number of piperidine rings is 1. The third kappa shape index (κ3) is 4.21. The molecule has 3 atom stereocenters. The SMILES string of the molecule is COCCNCc1ccccc1N1CC(C)CC(C)C1C. The highest BCUT2D eigenvalue weighted by molar-refractivity contribution is 5.55. The Morgan fingerprint density at radius 1 is 1.24 bits per heavy atom. The largest absolute Gasteiger partial charge is 0.383 e. The number of hydrogen-bond donors (Lipinski definition) is 1.